The number of anilines is 1. The maximum atomic E-state index is 11.4. The number of nitrogens with zero attached hydrogens (tertiary/aromatic N) is 2. The second kappa shape index (κ2) is 3.74. The van der Waals surface area contributed by atoms with Crippen LogP contribution in [0.5, 0.6) is 0 Å². The third-order valence-electron chi connectivity index (χ3n) is 1.70. The Balaban J connectivity index is 2.02. The zero-order valence-electron chi connectivity index (χ0n) is 7.34. The van der Waals surface area contributed by atoms with E-state index in [1.807, 2.05) is 18.2 Å². The van der Waals surface area contributed by atoms with Crippen LogP contribution in [0.2, 0.25) is 0 Å². The van der Waals surface area contributed by atoms with Gasteiger partial charge in [0, 0.05) is 18.1 Å². The summed E-state index contributed by atoms with van der Waals surface area (Å²) in [6.45, 7) is 0. The lowest BCUT2D eigenvalue weighted by Crippen LogP contribution is -2.26. The molecule has 1 N–H and O–H groups in total. The molecule has 1 aromatic carbocycles. The first kappa shape index (κ1) is 8.50. The van der Waals surface area contributed by atoms with E-state index in [4.69, 9.17) is 0 Å². The number of hydrogen-bond donors (Lipinski definition) is 1. The van der Waals surface area contributed by atoms with Gasteiger partial charge >= 0.3 is 0 Å². The van der Waals surface area contributed by atoms with Gasteiger partial charge in [0.2, 0.25) is 5.84 Å². The van der Waals surface area contributed by atoms with Crippen LogP contribution in [-0.4, -0.2) is 11.7 Å². The van der Waals surface area contributed by atoms with Gasteiger partial charge in [0.1, 0.15) is 0 Å². The molecule has 0 spiro atoms. The van der Waals surface area contributed by atoms with Crippen LogP contribution in [0.3, 0.4) is 0 Å². The summed E-state index contributed by atoms with van der Waals surface area (Å²) in [7, 11) is 0. The average molecular weight is 186 g/mol. The molecule has 1 aromatic rings. The predicted octanol–water partition coefficient (Wildman–Crippen LogP) is 1.11. The Labute approximate surface area is 81.4 Å². The van der Waals surface area contributed by atoms with Gasteiger partial charge in [-0.3, -0.25) is 4.79 Å². The minimum absolute atomic E-state index is 0.189. The number of carbonyl (C=O) groups is 1. The van der Waals surface area contributed by atoms with Crippen LogP contribution in [-0.2, 0) is 4.79 Å². The molecule has 14 heavy (non-hydrogen) atoms. The molecule has 0 bridgehead atoms. The molecule has 0 unspecified atom stereocenters. The highest BCUT2D eigenvalue weighted by atomic mass is 16.2. The summed E-state index contributed by atoms with van der Waals surface area (Å²) in [5, 5.41) is 6.47. The minimum Gasteiger partial charge on any atom is -0.319 e. The van der Waals surface area contributed by atoms with Crippen LogP contribution < -0.4 is 10.6 Å². The Bertz CT molecular complexity index is 395. The fourth-order valence-corrected chi connectivity index (χ4v) is 1.07. The fourth-order valence-electron chi connectivity index (χ4n) is 1.07. The number of benzene rings is 1. The smallest absolute Gasteiger partial charge is 0.293 e. The van der Waals surface area contributed by atoms with Crippen molar-refractivity contribution in [2.45, 2.75) is 0 Å². The van der Waals surface area contributed by atoms with Crippen molar-refractivity contribution in [3.63, 3.8) is 0 Å². The maximum Gasteiger partial charge on any atom is 0.293 e. The normalized spacial score (nSPS) is 13.3. The van der Waals surface area contributed by atoms with Crippen molar-refractivity contribution >= 4 is 17.4 Å². The van der Waals surface area contributed by atoms with Gasteiger partial charge in [0.15, 0.2) is 0 Å². The van der Waals surface area contributed by atoms with Crippen LogP contribution in [0, 0.1) is 0 Å². The van der Waals surface area contributed by atoms with Gasteiger partial charge in [-0.1, -0.05) is 18.2 Å². The first-order valence-electron chi connectivity index (χ1n) is 4.16. The maximum absolute atomic E-state index is 11.4. The van der Waals surface area contributed by atoms with E-state index < -0.39 is 0 Å². The number of aliphatic imine (C=N–C) groups is 1. The molecule has 69 valence electrons. The summed E-state index contributed by atoms with van der Waals surface area (Å²) in [6, 6.07) is 9.19. The number of para-hydroxylation sites is 1. The number of rotatable bonds is 2. The van der Waals surface area contributed by atoms with Gasteiger partial charge < -0.3 is 5.32 Å². The Morgan fingerprint density at radius 1 is 1.14 bits per heavy atom. The summed E-state index contributed by atoms with van der Waals surface area (Å²) in [5.41, 5.74) is 0.738. The highest BCUT2D eigenvalue weighted by molar-refractivity contribution is 6.42. The van der Waals surface area contributed by atoms with E-state index in [0.717, 1.165) is 5.69 Å². The van der Waals surface area contributed by atoms with E-state index in [9.17, 15) is 4.79 Å². The molecule has 1 radical (unpaired) electrons. The van der Waals surface area contributed by atoms with E-state index in [1.165, 1.54) is 12.4 Å². The quantitative estimate of drug-likeness (QED) is 0.739. The topological polar surface area (TPSA) is 55.6 Å². The van der Waals surface area contributed by atoms with E-state index in [2.05, 4.69) is 15.6 Å². The van der Waals surface area contributed by atoms with Crippen molar-refractivity contribution in [2.75, 3.05) is 5.32 Å². The summed E-state index contributed by atoms with van der Waals surface area (Å²) in [5.74, 6) is -0.102. The Kier molecular flexibility index (Phi) is 2.27. The summed E-state index contributed by atoms with van der Waals surface area (Å²) in [4.78, 5) is 15.2. The first-order valence-corrected chi connectivity index (χ1v) is 4.16. The minimum atomic E-state index is -0.291. The average Bonchev–Trinajstić information content (AvgIpc) is 2.72. The van der Waals surface area contributed by atoms with Gasteiger partial charge in [0.05, 0.1) is 0 Å². The summed E-state index contributed by atoms with van der Waals surface area (Å²) in [6.07, 6.45) is 2.97. The molecule has 1 heterocycles. The standard InChI is InChI=1S/C10H8N3O/c14-10(9-11-6-7-12-9)13-8-4-2-1-3-5-8/h1-7H,(H,13,14). The van der Waals surface area contributed by atoms with Gasteiger partial charge in [-0.15, -0.1) is 0 Å². The van der Waals surface area contributed by atoms with Crippen molar-refractivity contribution in [1.82, 2.24) is 5.32 Å². The van der Waals surface area contributed by atoms with Crippen LogP contribution in [0.15, 0.2) is 47.7 Å². The molecule has 0 aromatic heterocycles. The van der Waals surface area contributed by atoms with Crippen LogP contribution in [0.4, 0.5) is 5.69 Å². The molecule has 0 saturated carbocycles. The molecule has 0 saturated heterocycles. The molecule has 1 aliphatic rings. The number of nitrogens with one attached hydrogen (secondary N) is 1. The van der Waals surface area contributed by atoms with Gasteiger partial charge in [0.25, 0.3) is 5.91 Å². The van der Waals surface area contributed by atoms with E-state index >= 15 is 0 Å². The second-order valence-electron chi connectivity index (χ2n) is 2.70. The molecule has 1 amide bonds. The molecule has 0 atom stereocenters. The number of carbonyl (C=O) groups excluding carboxylic acids is 1. The summed E-state index contributed by atoms with van der Waals surface area (Å²) < 4.78 is 0. The third kappa shape index (κ3) is 1.80. The lowest BCUT2D eigenvalue weighted by Gasteiger charge is -2.02. The largest absolute Gasteiger partial charge is 0.319 e. The molecule has 0 fully saturated rings. The highest BCUT2D eigenvalue weighted by Gasteiger charge is 2.13. The van der Waals surface area contributed by atoms with Gasteiger partial charge in [-0.25, -0.2) is 10.3 Å². The fraction of sp³-hybridized carbons (Fsp3) is 0. The van der Waals surface area contributed by atoms with Crippen LogP contribution in [0.1, 0.15) is 0 Å². The SMILES string of the molecule is O=C(Nc1ccccc1)C1=NC=C[N]1. The molecule has 0 aliphatic carbocycles. The third-order valence-corrected chi connectivity index (χ3v) is 1.70. The van der Waals surface area contributed by atoms with Crippen molar-refractivity contribution in [3.8, 4) is 0 Å². The zero-order chi connectivity index (χ0) is 9.80. The lowest BCUT2D eigenvalue weighted by atomic mass is 10.3. The molecular weight excluding hydrogens is 178 g/mol. The summed E-state index contributed by atoms with van der Waals surface area (Å²) >= 11 is 0. The Hall–Kier alpha value is -2.10. The van der Waals surface area contributed by atoms with E-state index in [0.29, 0.717) is 0 Å². The van der Waals surface area contributed by atoms with Crippen molar-refractivity contribution < 1.29 is 4.79 Å². The molecular formula is C10H8N3O. The first-order chi connectivity index (χ1) is 6.86. The second-order valence-corrected chi connectivity index (χ2v) is 2.70. The van der Waals surface area contributed by atoms with Crippen LogP contribution in [0.25, 0.3) is 0 Å². The molecule has 2 rings (SSSR count). The monoisotopic (exact) mass is 186 g/mol. The Morgan fingerprint density at radius 2 is 1.93 bits per heavy atom. The number of amides is 1. The van der Waals surface area contributed by atoms with Crippen molar-refractivity contribution in [2.24, 2.45) is 4.99 Å². The van der Waals surface area contributed by atoms with Crippen molar-refractivity contribution in [3.05, 3.63) is 42.7 Å². The van der Waals surface area contributed by atoms with E-state index in [1.54, 1.807) is 12.1 Å². The number of hydrogen-bond acceptors (Lipinski definition) is 2. The van der Waals surface area contributed by atoms with E-state index in [-0.39, 0.29) is 11.7 Å². The Morgan fingerprint density at radius 3 is 2.57 bits per heavy atom. The molecule has 1 aliphatic heterocycles. The number of amidine groups is 1. The lowest BCUT2D eigenvalue weighted by molar-refractivity contribution is -0.110. The zero-order valence-corrected chi connectivity index (χ0v) is 7.34. The predicted molar refractivity (Wildman–Crippen MR) is 53.8 cm³/mol. The van der Waals surface area contributed by atoms with Crippen molar-refractivity contribution in [1.29, 1.82) is 0 Å². The van der Waals surface area contributed by atoms with Crippen LogP contribution >= 0.6 is 0 Å². The van der Waals surface area contributed by atoms with Gasteiger partial charge in [-0.2, -0.15) is 0 Å². The highest BCUT2D eigenvalue weighted by Crippen LogP contribution is 2.05. The molecule has 4 heteroatoms. The van der Waals surface area contributed by atoms with Gasteiger partial charge in [-0.05, 0) is 12.1 Å². The molecule has 4 nitrogen and oxygen atoms in total.